The molecular weight excluding hydrogens is 1280 g/mol. The average Bonchev–Trinajstić information content (AvgIpc) is 2.99. The zero-order chi connectivity index (χ0) is 32.7. The Morgan fingerprint density at radius 2 is 1.27 bits per heavy atom. The van der Waals surface area contributed by atoms with Gasteiger partial charge in [0.25, 0.3) is 5.91 Å². The maximum atomic E-state index is 11.4. The van der Waals surface area contributed by atoms with Crippen molar-refractivity contribution in [3.05, 3.63) is 69.8 Å². The monoisotopic (exact) mass is 1310 g/mol. The van der Waals surface area contributed by atoms with Crippen molar-refractivity contribution in [1.82, 2.24) is 14.1 Å². The van der Waals surface area contributed by atoms with E-state index >= 15 is 0 Å². The van der Waals surface area contributed by atoms with Crippen molar-refractivity contribution in [2.45, 2.75) is 25.9 Å². The summed E-state index contributed by atoms with van der Waals surface area (Å²) in [5.41, 5.74) is 4.21. The van der Waals surface area contributed by atoms with Gasteiger partial charge >= 0.3 is 118 Å². The van der Waals surface area contributed by atoms with Crippen LogP contribution in [0.15, 0.2) is 36.4 Å². The molecule has 0 saturated heterocycles. The summed E-state index contributed by atoms with van der Waals surface area (Å²) in [5.74, 6) is -1.01. The standard InChI is InChI=1S/C11H12NO4S.C10H11N2O4S.ClH.3HI.O2S.V.3Y/c1-16-11(13)9-3-2-8-4-5-12(17(14)15)7-10(8)6-9;13-10(11-14)8-2-1-7-3-4-12(17(15)16)6-9(7)5-8;;;;;1-3-2;;;;/h2-3,6H,4-5,7H2,1H3;1-2,5,14H,3-4,6H2,(H,11,13);4*1H;;;;;/q2*-1;;;;;;+3;;;+1/p-4. The van der Waals surface area contributed by atoms with E-state index in [0.717, 1.165) is 22.3 Å². The van der Waals surface area contributed by atoms with Crippen LogP contribution in [0.4, 0.5) is 0 Å². The number of methoxy groups -OCH3 is 1. The van der Waals surface area contributed by atoms with Gasteiger partial charge in [-0.05, 0) is 94.2 Å². The van der Waals surface area contributed by atoms with Crippen molar-refractivity contribution in [2.24, 2.45) is 0 Å². The Morgan fingerprint density at radius 3 is 1.60 bits per heavy atom. The molecule has 2 aromatic rings. The number of carbonyl (C=O) groups excluding carboxylic acids is 2. The third kappa shape index (κ3) is 20.3. The van der Waals surface area contributed by atoms with Gasteiger partial charge in [0.05, 0.1) is 12.7 Å². The molecule has 0 saturated carbocycles. The summed E-state index contributed by atoms with van der Waals surface area (Å²) in [5, 5.41) is 8.52. The van der Waals surface area contributed by atoms with Crippen LogP contribution in [0.25, 0.3) is 0 Å². The molecule has 0 atom stereocenters. The smallest absolute Gasteiger partial charge is 0 e. The third-order valence-electron chi connectivity index (χ3n) is 5.65. The molecule has 13 nitrogen and oxygen atoms in total. The number of nitrogens with one attached hydrogen (secondary N) is 1. The predicted octanol–water partition coefficient (Wildman–Crippen LogP) is 4.11. The average molecular weight is 1310 g/mol. The van der Waals surface area contributed by atoms with Gasteiger partial charge in [0.1, 0.15) is 0 Å². The molecule has 2 aromatic carbocycles. The fraction of sp³-hybridized carbons (Fsp3) is 0.333. The van der Waals surface area contributed by atoms with E-state index < -0.39 is 64.9 Å². The molecule has 2 N–H and O–H groups in total. The fourth-order valence-corrected chi connectivity index (χ4v) is 4.74. The van der Waals surface area contributed by atoms with Gasteiger partial charge in [0, 0.05) is 84.1 Å². The Balaban J connectivity index is 0. The molecule has 0 aromatic heterocycles. The van der Waals surface area contributed by atoms with Crippen LogP contribution in [0.3, 0.4) is 0 Å². The first kappa shape index (κ1) is 50.5. The molecule has 0 fully saturated rings. The minimum atomic E-state index is -2.24. The van der Waals surface area contributed by atoms with Crippen molar-refractivity contribution < 1.29 is 141 Å². The summed E-state index contributed by atoms with van der Waals surface area (Å²) in [6.07, 6.45) is 1.30. The molecule has 45 heavy (non-hydrogen) atoms. The van der Waals surface area contributed by atoms with E-state index in [1.54, 1.807) is 35.8 Å². The quantitative estimate of drug-likeness (QED) is 0.149. The van der Waals surface area contributed by atoms with E-state index in [9.17, 15) is 34.8 Å². The van der Waals surface area contributed by atoms with Crippen molar-refractivity contribution >= 4 is 107 Å². The Kier molecular flexibility index (Phi) is 31.3. The molecule has 0 aliphatic carbocycles. The second kappa shape index (κ2) is 27.9. The zero-order valence-electron chi connectivity index (χ0n) is 23.1. The van der Waals surface area contributed by atoms with Gasteiger partial charge in [-0.3, -0.25) is 10.0 Å². The van der Waals surface area contributed by atoms with Gasteiger partial charge < -0.3 is 30.2 Å². The second-order valence-electron chi connectivity index (χ2n) is 8.10. The second-order valence-corrected chi connectivity index (χ2v) is 53.4. The molecule has 4 rings (SSSR count). The number of hydrogen-bond acceptors (Lipinski definition) is 12. The molecule has 2 radical (unpaired) electrons. The number of rotatable bonds is 4. The minimum absolute atomic E-state index is 0. The molecular formula is C21H23ClI3N3O10S3VY3-2. The first-order chi connectivity index (χ1) is 20.2. The number of fused-ring (bicyclic) bond motifs is 2. The van der Waals surface area contributed by atoms with Gasteiger partial charge in [-0.15, -0.1) is 0 Å². The number of amides is 1. The molecule has 2 heterocycles. The molecule has 0 spiro atoms. The summed E-state index contributed by atoms with van der Waals surface area (Å²) >= 11 is 5.77. The van der Waals surface area contributed by atoms with Gasteiger partial charge in [0.15, 0.2) is 0 Å². The molecule has 1 amide bonds. The Labute approximate surface area is 369 Å². The number of hydroxylamine groups is 1. The summed E-state index contributed by atoms with van der Waals surface area (Å²) in [6.45, 7) is 1.52. The van der Waals surface area contributed by atoms with Crippen LogP contribution in [0, 0.1) is 0 Å². The Morgan fingerprint density at radius 1 is 0.889 bits per heavy atom. The van der Waals surface area contributed by atoms with Crippen LogP contribution in [-0.4, -0.2) is 54.3 Å². The number of hydrogen-bond donors (Lipinski definition) is 2. The number of carbonyl (C=O) groups is 2. The van der Waals surface area contributed by atoms with E-state index in [-0.39, 0.29) is 76.9 Å². The van der Waals surface area contributed by atoms with Crippen molar-refractivity contribution in [1.29, 1.82) is 0 Å². The largest absolute Gasteiger partial charge is 0 e. The number of ether oxygens (including phenoxy) is 1. The maximum Gasteiger partial charge on any atom is 0 e. The van der Waals surface area contributed by atoms with Crippen molar-refractivity contribution in [2.75, 3.05) is 20.2 Å². The molecule has 0 bridgehead atoms. The SMILES string of the molecule is COC(=O)c1ccc2c(c1)CN([S-](=O)=O)CC2.O=C(NO)c1ccc2c(c1)CN([S-](=O)=O)CC2.O=[S](=O)=[Y][Cl].[I][V]([I])[I].[Y].[Y]. The fourth-order valence-electron chi connectivity index (χ4n) is 3.77. The number of benzene rings is 2. The van der Waals surface area contributed by atoms with Crippen LogP contribution in [0.2, 0.25) is 0 Å². The van der Waals surface area contributed by atoms with Gasteiger partial charge in [-0.25, -0.2) is 10.3 Å². The molecule has 244 valence electrons. The molecule has 24 heteroatoms. The molecule has 2 aliphatic rings. The summed E-state index contributed by atoms with van der Waals surface area (Å²) in [7, 11) is 1.78. The maximum absolute atomic E-state index is 11.4. The van der Waals surface area contributed by atoms with Gasteiger partial charge in [0.2, 0.25) is 0 Å². The summed E-state index contributed by atoms with van der Waals surface area (Å²) in [4.78, 5) is 22.3. The first-order valence-corrected chi connectivity index (χ1v) is 35.3. The van der Waals surface area contributed by atoms with Crippen molar-refractivity contribution in [3.8, 4) is 0 Å². The Bertz CT molecular complexity index is 1470. The van der Waals surface area contributed by atoms with Crippen LogP contribution < -0.4 is 5.48 Å². The number of nitrogens with zero attached hydrogens (tertiary/aromatic N) is 2. The van der Waals surface area contributed by atoms with Crippen LogP contribution in [0.1, 0.15) is 43.0 Å². The minimum Gasteiger partial charge on any atom is 0 e. The molecule has 0 unspecified atom stereocenters. The summed E-state index contributed by atoms with van der Waals surface area (Å²) < 4.78 is 69.3. The van der Waals surface area contributed by atoms with Crippen LogP contribution >= 0.6 is 67.3 Å². The number of halogens is 4. The topological polar surface area (TPSA) is 185 Å². The van der Waals surface area contributed by atoms with Crippen LogP contribution in [0.5, 0.6) is 0 Å². The van der Waals surface area contributed by atoms with E-state index in [1.165, 1.54) is 15.7 Å². The van der Waals surface area contributed by atoms with E-state index in [4.69, 9.17) is 12.5 Å². The van der Waals surface area contributed by atoms with E-state index in [2.05, 4.69) is 64.7 Å². The molecule has 2 aliphatic heterocycles. The zero-order valence-corrected chi connectivity index (χ0v) is 42.7. The van der Waals surface area contributed by atoms with E-state index in [1.807, 2.05) is 6.07 Å². The summed E-state index contributed by atoms with van der Waals surface area (Å²) in [6, 6.07) is 10.2. The Hall–Kier alpha value is 3.36. The number of esters is 1. The van der Waals surface area contributed by atoms with Crippen molar-refractivity contribution in [3.63, 3.8) is 0 Å². The first-order valence-electron chi connectivity index (χ1n) is 11.5. The third-order valence-corrected chi connectivity index (χ3v) is 10.9. The van der Waals surface area contributed by atoms with Crippen LogP contribution in [-0.2, 0) is 171 Å². The van der Waals surface area contributed by atoms with E-state index in [0.29, 0.717) is 43.6 Å². The normalized spacial score (nSPS) is 13.3. The van der Waals surface area contributed by atoms with Gasteiger partial charge in [-0.2, -0.15) is 0 Å². The van der Waals surface area contributed by atoms with Gasteiger partial charge in [-0.1, -0.05) is 12.1 Å². The predicted molar refractivity (Wildman–Crippen MR) is 176 cm³/mol.